The van der Waals surface area contributed by atoms with Crippen molar-refractivity contribution in [3.8, 4) is 0 Å². The van der Waals surface area contributed by atoms with Gasteiger partial charge in [0.05, 0.1) is 13.2 Å². The first-order chi connectivity index (χ1) is 17.4. The fourth-order valence-electron chi connectivity index (χ4n) is 4.88. The molecule has 6 nitrogen and oxygen atoms in total. The third-order valence-electron chi connectivity index (χ3n) is 6.55. The zero-order chi connectivity index (χ0) is 25.8. The molecule has 0 saturated carbocycles. The first-order valence-corrected chi connectivity index (χ1v) is 12.8. The number of esters is 1. The molecule has 0 aliphatic rings. The molecule has 1 unspecified atom stereocenters. The van der Waals surface area contributed by atoms with Gasteiger partial charge in [-0.15, -0.1) is 0 Å². The molecule has 2 heterocycles. The number of hydrogen-bond acceptors (Lipinski definition) is 5. The number of pyridine rings is 1. The summed E-state index contributed by atoms with van der Waals surface area (Å²) in [5.41, 5.74) is 8.26. The summed E-state index contributed by atoms with van der Waals surface area (Å²) in [6, 6.07) is 18.1. The molecular formula is C30H36N4O2. The standard InChI is InChI=1S/C30H36N4O2/c1-7-26-32-27-21(5)18-22(6)31-29(27)34(26)19-23-13-15-25(16-14-23)33(8-2)28(30(35)36-9-3)24-12-10-11-20(4)17-24/h10-18,28H,7-9,19H2,1-6H3. The lowest BCUT2D eigenvalue weighted by molar-refractivity contribution is -0.145. The molecule has 188 valence electrons. The van der Waals surface area contributed by atoms with Gasteiger partial charge in [0.25, 0.3) is 0 Å². The highest BCUT2D eigenvalue weighted by molar-refractivity contribution is 5.82. The molecule has 4 aromatic rings. The molecule has 2 aromatic heterocycles. The lowest BCUT2D eigenvalue weighted by atomic mass is 10.0. The molecule has 1 atom stereocenters. The lowest BCUT2D eigenvalue weighted by Gasteiger charge is -2.31. The van der Waals surface area contributed by atoms with Gasteiger partial charge in [-0.2, -0.15) is 0 Å². The Morgan fingerprint density at radius 1 is 1.00 bits per heavy atom. The molecule has 4 rings (SSSR count). The van der Waals surface area contributed by atoms with Crippen molar-refractivity contribution < 1.29 is 9.53 Å². The number of nitrogens with zero attached hydrogens (tertiary/aromatic N) is 4. The average Bonchev–Trinajstić information content (AvgIpc) is 3.20. The van der Waals surface area contributed by atoms with Crippen LogP contribution in [0, 0.1) is 20.8 Å². The molecule has 6 heteroatoms. The van der Waals surface area contributed by atoms with Crippen molar-refractivity contribution in [3.05, 3.63) is 88.4 Å². The number of carbonyl (C=O) groups excluding carboxylic acids is 1. The van der Waals surface area contributed by atoms with Gasteiger partial charge in [-0.3, -0.25) is 0 Å². The second-order valence-electron chi connectivity index (χ2n) is 9.24. The molecule has 0 bridgehead atoms. The molecule has 36 heavy (non-hydrogen) atoms. The van der Waals surface area contributed by atoms with E-state index in [1.165, 1.54) is 0 Å². The predicted molar refractivity (Wildman–Crippen MR) is 145 cm³/mol. The molecule has 0 N–H and O–H groups in total. The van der Waals surface area contributed by atoms with Crippen LogP contribution in [0.4, 0.5) is 5.69 Å². The van der Waals surface area contributed by atoms with Crippen LogP contribution in [0.5, 0.6) is 0 Å². The van der Waals surface area contributed by atoms with E-state index in [1.807, 2.05) is 39.0 Å². The molecule has 0 spiro atoms. The summed E-state index contributed by atoms with van der Waals surface area (Å²) in [5.74, 6) is 0.801. The zero-order valence-corrected chi connectivity index (χ0v) is 22.2. The lowest BCUT2D eigenvalue weighted by Crippen LogP contribution is -2.35. The number of rotatable bonds is 9. The van der Waals surface area contributed by atoms with E-state index in [9.17, 15) is 4.79 Å². The normalized spacial score (nSPS) is 12.1. The highest BCUT2D eigenvalue weighted by atomic mass is 16.5. The smallest absolute Gasteiger partial charge is 0.333 e. The Hall–Kier alpha value is -3.67. The van der Waals surface area contributed by atoms with Crippen molar-refractivity contribution >= 4 is 22.8 Å². The Morgan fingerprint density at radius 3 is 2.39 bits per heavy atom. The van der Waals surface area contributed by atoms with Crippen molar-refractivity contribution in [1.29, 1.82) is 0 Å². The third kappa shape index (κ3) is 5.13. The van der Waals surface area contributed by atoms with Gasteiger partial charge >= 0.3 is 5.97 Å². The maximum atomic E-state index is 13.1. The van der Waals surface area contributed by atoms with Gasteiger partial charge in [0.2, 0.25) is 0 Å². The molecule has 0 fully saturated rings. The summed E-state index contributed by atoms with van der Waals surface area (Å²) in [4.78, 5) is 24.9. The topological polar surface area (TPSA) is 60.2 Å². The number of carbonyl (C=O) groups is 1. The van der Waals surface area contributed by atoms with Gasteiger partial charge in [-0.25, -0.2) is 14.8 Å². The van der Waals surface area contributed by atoms with Crippen LogP contribution in [0.15, 0.2) is 54.6 Å². The maximum Gasteiger partial charge on any atom is 0.333 e. The number of aromatic nitrogens is 3. The Labute approximate surface area is 213 Å². The van der Waals surface area contributed by atoms with Crippen molar-refractivity contribution in [2.45, 2.75) is 60.5 Å². The molecular weight excluding hydrogens is 448 g/mol. The van der Waals surface area contributed by atoms with E-state index in [0.29, 0.717) is 19.7 Å². The van der Waals surface area contributed by atoms with E-state index < -0.39 is 6.04 Å². The van der Waals surface area contributed by atoms with Gasteiger partial charge in [0, 0.05) is 24.3 Å². The van der Waals surface area contributed by atoms with Crippen LogP contribution in [0.2, 0.25) is 0 Å². The summed E-state index contributed by atoms with van der Waals surface area (Å²) in [5, 5.41) is 0. The minimum absolute atomic E-state index is 0.233. The van der Waals surface area contributed by atoms with Crippen molar-refractivity contribution in [3.63, 3.8) is 0 Å². The van der Waals surface area contributed by atoms with E-state index in [0.717, 1.165) is 57.0 Å². The summed E-state index contributed by atoms with van der Waals surface area (Å²) in [6.45, 7) is 13.9. The first kappa shape index (κ1) is 25.4. The summed E-state index contributed by atoms with van der Waals surface area (Å²) in [6.07, 6.45) is 0.842. The average molecular weight is 485 g/mol. The Kier molecular flexibility index (Phi) is 7.73. The molecule has 2 aromatic carbocycles. The number of aryl methyl sites for hydroxylation is 4. The molecule has 0 saturated heterocycles. The molecule has 0 aliphatic heterocycles. The zero-order valence-electron chi connectivity index (χ0n) is 22.2. The summed E-state index contributed by atoms with van der Waals surface area (Å²) < 4.78 is 7.70. The number of fused-ring (bicyclic) bond motifs is 1. The number of anilines is 1. The third-order valence-corrected chi connectivity index (χ3v) is 6.55. The Balaban J connectivity index is 1.67. The maximum absolute atomic E-state index is 13.1. The Morgan fingerprint density at radius 2 is 1.75 bits per heavy atom. The van der Waals surface area contributed by atoms with Gasteiger partial charge in [-0.05, 0) is 69.5 Å². The van der Waals surface area contributed by atoms with Gasteiger partial charge < -0.3 is 14.2 Å². The Bertz CT molecular complexity index is 1360. The quantitative estimate of drug-likeness (QED) is 0.269. The van der Waals surface area contributed by atoms with Crippen molar-refractivity contribution in [2.75, 3.05) is 18.1 Å². The second kappa shape index (κ2) is 10.9. The van der Waals surface area contributed by atoms with Crippen LogP contribution in [0.3, 0.4) is 0 Å². The molecule has 0 aliphatic carbocycles. The number of likely N-dealkylation sites (N-methyl/N-ethyl adjacent to an activating group) is 1. The van der Waals surface area contributed by atoms with Gasteiger partial charge in [-0.1, -0.05) is 48.9 Å². The fourth-order valence-corrected chi connectivity index (χ4v) is 4.88. The number of imidazole rings is 1. The summed E-state index contributed by atoms with van der Waals surface area (Å²) in [7, 11) is 0. The number of hydrogen-bond donors (Lipinski definition) is 0. The highest BCUT2D eigenvalue weighted by Crippen LogP contribution is 2.30. The van der Waals surface area contributed by atoms with E-state index in [4.69, 9.17) is 14.7 Å². The second-order valence-corrected chi connectivity index (χ2v) is 9.24. The predicted octanol–water partition coefficient (Wildman–Crippen LogP) is 6.10. The van der Waals surface area contributed by atoms with Crippen LogP contribution in [-0.4, -0.2) is 33.7 Å². The van der Waals surface area contributed by atoms with Crippen molar-refractivity contribution in [1.82, 2.24) is 14.5 Å². The van der Waals surface area contributed by atoms with E-state index in [1.54, 1.807) is 0 Å². The number of benzene rings is 2. The molecule has 0 radical (unpaired) electrons. The van der Waals surface area contributed by atoms with Gasteiger partial charge in [0.15, 0.2) is 11.7 Å². The van der Waals surface area contributed by atoms with E-state index >= 15 is 0 Å². The van der Waals surface area contributed by atoms with Crippen LogP contribution >= 0.6 is 0 Å². The highest BCUT2D eigenvalue weighted by Gasteiger charge is 2.28. The van der Waals surface area contributed by atoms with Crippen LogP contribution in [0.25, 0.3) is 11.2 Å². The van der Waals surface area contributed by atoms with Gasteiger partial charge in [0.1, 0.15) is 11.3 Å². The van der Waals surface area contributed by atoms with E-state index in [2.05, 4.69) is 66.6 Å². The van der Waals surface area contributed by atoms with Crippen LogP contribution in [0.1, 0.15) is 60.6 Å². The van der Waals surface area contributed by atoms with Crippen LogP contribution < -0.4 is 4.90 Å². The SMILES string of the molecule is CCOC(=O)C(c1cccc(C)c1)N(CC)c1ccc(Cn2c(CC)nc3c(C)cc(C)nc32)cc1. The summed E-state index contributed by atoms with van der Waals surface area (Å²) >= 11 is 0. The number of ether oxygens (including phenoxy) is 1. The van der Waals surface area contributed by atoms with E-state index in [-0.39, 0.29) is 5.97 Å². The monoisotopic (exact) mass is 484 g/mol. The largest absolute Gasteiger partial charge is 0.464 e. The fraction of sp³-hybridized carbons (Fsp3) is 0.367. The van der Waals surface area contributed by atoms with Crippen LogP contribution in [-0.2, 0) is 22.5 Å². The minimum Gasteiger partial charge on any atom is -0.464 e. The first-order valence-electron chi connectivity index (χ1n) is 12.8. The minimum atomic E-state index is -0.500. The molecule has 0 amide bonds. The van der Waals surface area contributed by atoms with Crippen molar-refractivity contribution in [2.24, 2.45) is 0 Å².